The SMILES string of the molecule is CC[C@H](C)[C@@H]([C@@H](CC(=O)N1CCC[C@H]1[C@H](OC)[C@@H](C)C(=O)N[C@@H](Cc1ccccc1)c1nccs1)OC)N(C)C(=O)C(/C=N/C(=O)C1(NC(=O)OCc2ccc(NC(=O)[C@H](CCCNC(N)=O)NC(=O)[C@@H](NC(=O)CCCCCN3C(=O)C=CC3=O)C(C)C)cc2)CCCC1)C(C)C. The highest BCUT2D eigenvalue weighted by atomic mass is 32.1. The highest BCUT2D eigenvalue weighted by Crippen LogP contribution is 2.34. The number of likely N-dealkylation sites (tertiary alicyclic amines) is 1. The second-order valence-electron chi connectivity index (χ2n) is 26.5. The van der Waals surface area contributed by atoms with Crippen molar-refractivity contribution in [3.8, 4) is 0 Å². The maximum absolute atomic E-state index is 14.8. The van der Waals surface area contributed by atoms with E-state index >= 15 is 0 Å². The molecule has 2 aliphatic heterocycles. The minimum absolute atomic E-state index is 0.0532. The smallest absolute Gasteiger partial charge is 0.408 e. The van der Waals surface area contributed by atoms with Crippen molar-refractivity contribution in [2.24, 2.45) is 40.3 Å². The number of rotatable bonds is 38. The summed E-state index contributed by atoms with van der Waals surface area (Å²) in [6.45, 7) is 13.6. The molecule has 1 aromatic heterocycles. The van der Waals surface area contributed by atoms with Crippen LogP contribution in [0.2, 0.25) is 0 Å². The van der Waals surface area contributed by atoms with Crippen molar-refractivity contribution < 1.29 is 67.0 Å². The molecule has 0 spiro atoms. The second kappa shape index (κ2) is 38.6. The van der Waals surface area contributed by atoms with E-state index in [9.17, 15) is 52.7 Å². The number of hydrogen-bond donors (Lipinski definition) is 7. The zero-order valence-electron chi connectivity index (χ0n) is 58.4. The Morgan fingerprint density at radius 2 is 1.51 bits per heavy atom. The molecule has 0 bridgehead atoms. The van der Waals surface area contributed by atoms with E-state index in [0.29, 0.717) is 75.6 Å². The number of urea groups is 1. The lowest BCUT2D eigenvalue weighted by atomic mass is 9.88. The maximum atomic E-state index is 14.8. The summed E-state index contributed by atoms with van der Waals surface area (Å²) in [6.07, 6.45) is 9.55. The second-order valence-corrected chi connectivity index (χ2v) is 27.4. The van der Waals surface area contributed by atoms with Gasteiger partial charge in [-0.25, -0.2) is 19.6 Å². The summed E-state index contributed by atoms with van der Waals surface area (Å²) in [6, 6.07) is 12.1. The van der Waals surface area contributed by atoms with Crippen LogP contribution >= 0.6 is 11.3 Å². The van der Waals surface area contributed by atoms with Gasteiger partial charge in [-0.2, -0.15) is 0 Å². The third-order valence-electron chi connectivity index (χ3n) is 18.8. The number of carbonyl (C=O) groups is 11. The number of carbonyl (C=O) groups excluding carboxylic acids is 11. The van der Waals surface area contributed by atoms with Crippen LogP contribution in [0.25, 0.3) is 0 Å². The predicted octanol–water partition coefficient (Wildman–Crippen LogP) is 7.07. The van der Waals surface area contributed by atoms with E-state index in [4.69, 9.17) is 19.9 Å². The molecule has 2 fully saturated rings. The van der Waals surface area contributed by atoms with Gasteiger partial charge in [0.15, 0.2) is 0 Å². The van der Waals surface area contributed by atoms with Gasteiger partial charge in [0.25, 0.3) is 17.7 Å². The number of nitrogens with two attached hydrogens (primary N) is 1. The minimum Gasteiger partial charge on any atom is -0.445 e. The zero-order valence-corrected chi connectivity index (χ0v) is 59.2. The molecular weight excluding hydrogens is 1280 g/mol. The Balaban J connectivity index is 1.03. The van der Waals surface area contributed by atoms with Crippen LogP contribution in [0, 0.1) is 29.6 Å². The number of imide groups is 1. The van der Waals surface area contributed by atoms with E-state index < -0.39 is 83.6 Å². The van der Waals surface area contributed by atoms with Gasteiger partial charge in [0.05, 0.1) is 48.6 Å². The first-order valence-corrected chi connectivity index (χ1v) is 35.1. The highest BCUT2D eigenvalue weighted by molar-refractivity contribution is 7.09. The Bertz CT molecular complexity index is 3220. The number of likely N-dealkylation sites (N-methyl/N-ethyl adjacent to an activating group) is 1. The molecule has 10 atom stereocenters. The monoisotopic (exact) mass is 1380 g/mol. The molecule has 1 aliphatic carbocycles. The van der Waals surface area contributed by atoms with Crippen molar-refractivity contribution in [1.29, 1.82) is 0 Å². The molecule has 536 valence electrons. The Labute approximate surface area is 579 Å². The largest absolute Gasteiger partial charge is 0.445 e. The fraction of sp³-hybridized carbons (Fsp3) is 0.592. The fourth-order valence-corrected chi connectivity index (χ4v) is 13.7. The number of nitrogens with one attached hydrogen (secondary N) is 6. The highest BCUT2D eigenvalue weighted by Gasteiger charge is 2.45. The number of benzene rings is 2. The fourth-order valence-electron chi connectivity index (χ4n) is 13.0. The average Bonchev–Trinajstić information content (AvgIpc) is 1.28. The van der Waals surface area contributed by atoms with Gasteiger partial charge < -0.3 is 61.6 Å². The standard InChI is InChI=1S/C71H102N12O14S/c1-11-46(6)61(55(95-9)41-59(87)82-38-21-25-54(82)62(96-10)47(7)63(88)78-53(66-73-36-39-98-66)40-48-22-14-12-15-23-48)81(8)67(91)51(44(2)3)42-75-68(92)71(33-17-18-34-71)80-70(94)97-43-49-27-29-50(30-28-49)76-64(89)52(24-20-35-74-69(72)93)77-65(90)60(45(4)5)79-56(84)26-16-13-19-37-83-57(85)31-32-58(83)86/h12,14-15,22-23,27-32,36,39,42,44-47,51-55,60-62H,11,13,16-21,24-26,33-35,37-38,40-41,43H2,1-10H3,(H,76,89)(H,77,90)(H,78,88)(H,79,84)(H,80,94)(H3,72,74,93)/b75-42+/t46-,47+,51?,52-,53-,54-,55+,60-,61-,62+/m0/s1. The number of nitrogens with zero attached hydrogens (tertiary/aromatic N) is 5. The molecule has 8 N–H and O–H groups in total. The Morgan fingerprint density at radius 1 is 0.816 bits per heavy atom. The van der Waals surface area contributed by atoms with Gasteiger partial charge in [-0.15, -0.1) is 11.3 Å². The van der Waals surface area contributed by atoms with Crippen molar-refractivity contribution in [1.82, 2.24) is 46.3 Å². The van der Waals surface area contributed by atoms with Gasteiger partial charge in [0.2, 0.25) is 35.4 Å². The van der Waals surface area contributed by atoms with Gasteiger partial charge in [0.1, 0.15) is 29.2 Å². The molecule has 2 aromatic carbocycles. The number of anilines is 1. The topological polar surface area (TPSA) is 349 Å². The van der Waals surface area contributed by atoms with Crippen molar-refractivity contribution in [2.45, 2.75) is 199 Å². The zero-order chi connectivity index (χ0) is 71.6. The molecule has 3 aromatic rings. The maximum Gasteiger partial charge on any atom is 0.408 e. The third kappa shape index (κ3) is 22.6. The molecule has 1 saturated heterocycles. The quantitative estimate of drug-likeness (QED) is 0.0171. The first-order valence-electron chi connectivity index (χ1n) is 34.3. The van der Waals surface area contributed by atoms with Gasteiger partial charge in [-0.3, -0.25) is 48.1 Å². The lowest BCUT2D eigenvalue weighted by Crippen LogP contribution is -2.54. The number of amides is 12. The number of aliphatic imine (C=N–C) groups is 1. The van der Waals surface area contributed by atoms with Crippen molar-refractivity contribution in [3.63, 3.8) is 0 Å². The first kappa shape index (κ1) is 78.6. The molecule has 27 heteroatoms. The van der Waals surface area contributed by atoms with E-state index in [-0.39, 0.29) is 117 Å². The van der Waals surface area contributed by atoms with E-state index in [2.05, 4.69) is 41.9 Å². The summed E-state index contributed by atoms with van der Waals surface area (Å²) in [7, 11) is 4.77. The number of thiazole rings is 1. The van der Waals surface area contributed by atoms with Crippen molar-refractivity contribution in [3.05, 3.63) is 94.5 Å². The van der Waals surface area contributed by atoms with Crippen LogP contribution in [0.15, 0.2) is 83.3 Å². The van der Waals surface area contributed by atoms with Crippen LogP contribution < -0.4 is 37.6 Å². The van der Waals surface area contributed by atoms with Crippen molar-refractivity contribution in [2.75, 3.05) is 46.2 Å². The molecule has 0 radical (unpaired) electrons. The molecular formula is C71H102N12O14S. The van der Waals surface area contributed by atoms with E-state index in [1.807, 2.05) is 70.3 Å². The van der Waals surface area contributed by atoms with Gasteiger partial charge in [-0.05, 0) is 98.8 Å². The molecule has 1 unspecified atom stereocenters. The van der Waals surface area contributed by atoms with E-state index in [0.717, 1.165) is 15.5 Å². The van der Waals surface area contributed by atoms with Crippen LogP contribution in [0.5, 0.6) is 0 Å². The Morgan fingerprint density at radius 3 is 2.12 bits per heavy atom. The third-order valence-corrected chi connectivity index (χ3v) is 19.7. The van der Waals surface area contributed by atoms with Gasteiger partial charge in [0, 0.05) is 83.0 Å². The normalized spacial score (nSPS) is 17.9. The molecule has 6 rings (SSSR count). The predicted molar refractivity (Wildman–Crippen MR) is 371 cm³/mol. The minimum atomic E-state index is -1.40. The Kier molecular flexibility index (Phi) is 31.0. The number of aromatic nitrogens is 1. The number of alkyl carbamates (subject to hydrolysis) is 1. The number of hydrogen-bond acceptors (Lipinski definition) is 16. The molecule has 12 amide bonds. The average molecular weight is 1380 g/mol. The molecule has 3 heterocycles. The van der Waals surface area contributed by atoms with E-state index in [1.54, 1.807) is 68.3 Å². The number of primary amides is 1. The van der Waals surface area contributed by atoms with Crippen molar-refractivity contribution >= 4 is 88.5 Å². The van der Waals surface area contributed by atoms with Crippen LogP contribution in [-0.4, -0.2) is 174 Å². The number of methoxy groups -OCH3 is 2. The molecule has 1 saturated carbocycles. The summed E-state index contributed by atoms with van der Waals surface area (Å²) in [4.78, 5) is 160. The van der Waals surface area contributed by atoms with Crippen LogP contribution in [0.4, 0.5) is 15.3 Å². The van der Waals surface area contributed by atoms with Crippen LogP contribution in [-0.2, 0) is 70.4 Å². The van der Waals surface area contributed by atoms with E-state index in [1.165, 1.54) is 36.8 Å². The molecule has 3 aliphatic rings. The lowest BCUT2D eigenvalue weighted by Gasteiger charge is -2.40. The summed E-state index contributed by atoms with van der Waals surface area (Å²) >= 11 is 1.47. The van der Waals surface area contributed by atoms with Crippen LogP contribution in [0.3, 0.4) is 0 Å². The summed E-state index contributed by atoms with van der Waals surface area (Å²) < 4.78 is 17.8. The summed E-state index contributed by atoms with van der Waals surface area (Å²) in [5.41, 5.74) is 5.78. The summed E-state index contributed by atoms with van der Waals surface area (Å²) in [5.74, 6) is -6.01. The van der Waals surface area contributed by atoms with Gasteiger partial charge >= 0.3 is 12.1 Å². The van der Waals surface area contributed by atoms with Gasteiger partial charge in [-0.1, -0.05) is 117 Å². The molecule has 26 nitrogen and oxygen atoms in total. The number of ether oxygens (including phenoxy) is 3. The lowest BCUT2D eigenvalue weighted by molar-refractivity contribution is -0.147. The first-order chi connectivity index (χ1) is 46.8. The Hall–Kier alpha value is -8.43. The number of unbranched alkanes of at least 4 members (excludes halogenated alkanes) is 2. The molecule has 98 heavy (non-hydrogen) atoms. The van der Waals surface area contributed by atoms with Crippen LogP contribution in [0.1, 0.15) is 161 Å². The summed E-state index contributed by atoms with van der Waals surface area (Å²) in [5, 5.41) is 19.5.